The fraction of sp³-hybridized carbons (Fsp3) is 0.0769. The van der Waals surface area contributed by atoms with Gasteiger partial charge in [-0.25, -0.2) is 4.79 Å². The third kappa shape index (κ3) is 3.76. The van der Waals surface area contributed by atoms with Crippen molar-refractivity contribution in [2.75, 3.05) is 5.32 Å². The van der Waals surface area contributed by atoms with Gasteiger partial charge >= 0.3 is 5.97 Å². The quantitative estimate of drug-likeness (QED) is 0.865. The normalized spacial score (nSPS) is 10.1. The van der Waals surface area contributed by atoms with Crippen molar-refractivity contribution in [2.24, 2.45) is 0 Å². The summed E-state index contributed by atoms with van der Waals surface area (Å²) in [5.41, 5.74) is -0.323. The summed E-state index contributed by atoms with van der Waals surface area (Å²) >= 11 is 3.20. The molecule has 0 aliphatic heterocycles. The zero-order chi connectivity index (χ0) is 15.4. The van der Waals surface area contributed by atoms with Gasteiger partial charge in [0.15, 0.2) is 0 Å². The number of halogens is 1. The highest BCUT2D eigenvalue weighted by Crippen LogP contribution is 2.13. The minimum Gasteiger partial charge on any atom is -0.478 e. The Morgan fingerprint density at radius 2 is 2.10 bits per heavy atom. The Balaban J connectivity index is 2.18. The minimum atomic E-state index is -1.17. The van der Waals surface area contributed by atoms with Crippen LogP contribution in [0.5, 0.6) is 0 Å². The molecular formula is C13H10BrN3O4. The zero-order valence-corrected chi connectivity index (χ0v) is 12.2. The highest BCUT2D eigenvalue weighted by molar-refractivity contribution is 9.10. The molecule has 0 aliphatic rings. The summed E-state index contributed by atoms with van der Waals surface area (Å²) < 4.78 is 1.86. The fourth-order valence-corrected chi connectivity index (χ4v) is 2.03. The van der Waals surface area contributed by atoms with E-state index in [-0.39, 0.29) is 23.4 Å². The second-order valence-corrected chi connectivity index (χ2v) is 5.00. The van der Waals surface area contributed by atoms with Crippen LogP contribution >= 0.6 is 15.9 Å². The van der Waals surface area contributed by atoms with E-state index in [0.29, 0.717) is 4.47 Å². The van der Waals surface area contributed by atoms with Gasteiger partial charge < -0.3 is 15.0 Å². The first-order valence-corrected chi connectivity index (χ1v) is 6.60. The van der Waals surface area contributed by atoms with Crippen molar-refractivity contribution in [1.82, 2.24) is 9.55 Å². The van der Waals surface area contributed by atoms with E-state index in [4.69, 9.17) is 5.11 Å². The molecular weight excluding hydrogens is 342 g/mol. The molecule has 0 fully saturated rings. The Hall–Kier alpha value is -2.48. The standard InChI is InChI=1S/C13H10BrN3O4/c14-8-1-2-12(19)17(6-8)7-11(18)16-10-5-15-4-3-9(10)13(20)21/h1-6H,7H2,(H,16,18)(H,20,21). The lowest BCUT2D eigenvalue weighted by Gasteiger charge is -2.09. The van der Waals surface area contributed by atoms with Gasteiger partial charge in [0.2, 0.25) is 5.91 Å². The smallest absolute Gasteiger partial charge is 0.337 e. The molecule has 2 aromatic rings. The van der Waals surface area contributed by atoms with Gasteiger partial charge in [-0.1, -0.05) is 0 Å². The van der Waals surface area contributed by atoms with Crippen LogP contribution in [-0.2, 0) is 11.3 Å². The molecule has 2 heterocycles. The van der Waals surface area contributed by atoms with Crippen molar-refractivity contribution in [2.45, 2.75) is 6.54 Å². The Bertz CT molecular complexity index is 757. The lowest BCUT2D eigenvalue weighted by Crippen LogP contribution is -2.27. The average molecular weight is 352 g/mol. The number of hydrogen-bond donors (Lipinski definition) is 2. The van der Waals surface area contributed by atoms with E-state index >= 15 is 0 Å². The number of hydrogen-bond acceptors (Lipinski definition) is 4. The molecule has 0 saturated carbocycles. The maximum atomic E-state index is 11.9. The third-order valence-corrected chi connectivity index (χ3v) is 3.06. The van der Waals surface area contributed by atoms with E-state index in [2.05, 4.69) is 26.2 Å². The Morgan fingerprint density at radius 1 is 1.33 bits per heavy atom. The van der Waals surface area contributed by atoms with E-state index in [1.807, 2.05) is 0 Å². The van der Waals surface area contributed by atoms with Crippen molar-refractivity contribution in [3.63, 3.8) is 0 Å². The second kappa shape index (κ2) is 6.31. The van der Waals surface area contributed by atoms with Gasteiger partial charge in [0, 0.05) is 22.9 Å². The first-order chi connectivity index (χ1) is 9.97. The summed E-state index contributed by atoms with van der Waals surface area (Å²) in [6, 6.07) is 4.17. The van der Waals surface area contributed by atoms with Crippen LogP contribution < -0.4 is 10.9 Å². The molecule has 0 saturated heterocycles. The topological polar surface area (TPSA) is 101 Å². The maximum Gasteiger partial charge on any atom is 0.337 e. The summed E-state index contributed by atoms with van der Waals surface area (Å²) in [6.45, 7) is -0.230. The minimum absolute atomic E-state index is 0.0695. The van der Waals surface area contributed by atoms with Crippen molar-refractivity contribution in [1.29, 1.82) is 0 Å². The van der Waals surface area contributed by atoms with Gasteiger partial charge in [-0.15, -0.1) is 0 Å². The Labute approximate surface area is 127 Å². The van der Waals surface area contributed by atoms with Crippen molar-refractivity contribution < 1.29 is 14.7 Å². The highest BCUT2D eigenvalue weighted by atomic mass is 79.9. The molecule has 0 aromatic carbocycles. The maximum absolute atomic E-state index is 11.9. The summed E-state index contributed by atoms with van der Waals surface area (Å²) in [5.74, 6) is -1.70. The molecule has 2 rings (SSSR count). The molecule has 21 heavy (non-hydrogen) atoms. The number of nitrogens with zero attached hydrogens (tertiary/aromatic N) is 2. The van der Waals surface area contributed by atoms with Gasteiger partial charge in [0.1, 0.15) is 6.54 Å². The van der Waals surface area contributed by atoms with Crippen LogP contribution in [0.1, 0.15) is 10.4 Å². The molecule has 0 bridgehead atoms. The molecule has 0 atom stereocenters. The van der Waals surface area contributed by atoms with E-state index in [1.165, 1.54) is 35.3 Å². The van der Waals surface area contributed by atoms with Crippen LogP contribution in [0.3, 0.4) is 0 Å². The number of carbonyl (C=O) groups excluding carboxylic acids is 1. The highest BCUT2D eigenvalue weighted by Gasteiger charge is 2.13. The van der Waals surface area contributed by atoms with Crippen LogP contribution in [0.15, 0.2) is 46.1 Å². The number of rotatable bonds is 4. The average Bonchev–Trinajstić information content (AvgIpc) is 2.43. The predicted octanol–water partition coefficient (Wildman–Crippen LogP) is 1.34. The number of anilines is 1. The van der Waals surface area contributed by atoms with Crippen molar-refractivity contribution >= 4 is 33.5 Å². The van der Waals surface area contributed by atoms with Crippen LogP contribution in [0.25, 0.3) is 0 Å². The van der Waals surface area contributed by atoms with Gasteiger partial charge in [-0.3, -0.25) is 14.6 Å². The molecule has 0 radical (unpaired) electrons. The Kier molecular flexibility index (Phi) is 4.49. The number of pyridine rings is 2. The van der Waals surface area contributed by atoms with E-state index in [1.54, 1.807) is 6.07 Å². The first-order valence-electron chi connectivity index (χ1n) is 5.80. The number of amides is 1. The number of aromatic carboxylic acids is 1. The summed E-state index contributed by atoms with van der Waals surface area (Å²) in [5, 5.41) is 11.4. The van der Waals surface area contributed by atoms with Gasteiger partial charge in [-0.05, 0) is 28.1 Å². The summed E-state index contributed by atoms with van der Waals surface area (Å²) in [7, 11) is 0. The van der Waals surface area contributed by atoms with Crippen molar-refractivity contribution in [3.05, 3.63) is 57.2 Å². The molecule has 7 nitrogen and oxygen atoms in total. The Morgan fingerprint density at radius 3 is 2.81 bits per heavy atom. The predicted molar refractivity (Wildman–Crippen MR) is 78.2 cm³/mol. The first kappa shape index (κ1) is 14.9. The van der Waals surface area contributed by atoms with Crippen molar-refractivity contribution in [3.8, 4) is 0 Å². The largest absolute Gasteiger partial charge is 0.478 e. The third-order valence-electron chi connectivity index (χ3n) is 2.59. The van der Waals surface area contributed by atoms with Crippen LogP contribution in [0, 0.1) is 0 Å². The molecule has 1 amide bonds. The lowest BCUT2D eigenvalue weighted by molar-refractivity contribution is -0.116. The molecule has 108 valence electrons. The summed E-state index contributed by atoms with van der Waals surface area (Å²) in [4.78, 5) is 38.3. The number of nitrogens with one attached hydrogen (secondary N) is 1. The van der Waals surface area contributed by atoms with E-state index in [9.17, 15) is 14.4 Å². The number of carbonyl (C=O) groups is 2. The molecule has 0 spiro atoms. The summed E-state index contributed by atoms with van der Waals surface area (Å²) in [6.07, 6.45) is 4.03. The molecule has 2 N–H and O–H groups in total. The van der Waals surface area contributed by atoms with E-state index in [0.717, 1.165) is 0 Å². The number of aromatic nitrogens is 2. The van der Waals surface area contributed by atoms with Crippen LogP contribution in [-0.4, -0.2) is 26.5 Å². The van der Waals surface area contributed by atoms with Gasteiger partial charge in [0.25, 0.3) is 5.56 Å². The molecule has 0 unspecified atom stereocenters. The fourth-order valence-electron chi connectivity index (χ4n) is 1.65. The second-order valence-electron chi connectivity index (χ2n) is 4.09. The lowest BCUT2D eigenvalue weighted by atomic mass is 10.2. The van der Waals surface area contributed by atoms with E-state index < -0.39 is 11.9 Å². The molecule has 0 aliphatic carbocycles. The van der Waals surface area contributed by atoms with Crippen LogP contribution in [0.2, 0.25) is 0 Å². The van der Waals surface area contributed by atoms with Gasteiger partial charge in [0.05, 0.1) is 17.4 Å². The monoisotopic (exact) mass is 351 g/mol. The molecule has 2 aromatic heterocycles. The zero-order valence-electron chi connectivity index (χ0n) is 10.6. The number of carboxylic acid groups (broad SMARTS) is 1. The number of carboxylic acids is 1. The van der Waals surface area contributed by atoms with Crippen LogP contribution in [0.4, 0.5) is 5.69 Å². The van der Waals surface area contributed by atoms with Gasteiger partial charge in [-0.2, -0.15) is 0 Å². The SMILES string of the molecule is O=C(Cn1cc(Br)ccc1=O)Nc1cnccc1C(=O)O. The molecule has 8 heteroatoms.